The summed E-state index contributed by atoms with van der Waals surface area (Å²) in [5.74, 6) is -0.558. The van der Waals surface area contributed by atoms with Crippen LogP contribution < -0.4 is 15.5 Å². The van der Waals surface area contributed by atoms with Gasteiger partial charge in [-0.2, -0.15) is 0 Å². The lowest BCUT2D eigenvalue weighted by atomic mass is 10.1. The zero-order chi connectivity index (χ0) is 28.1. The highest BCUT2D eigenvalue weighted by Crippen LogP contribution is 2.28. The van der Waals surface area contributed by atoms with Crippen LogP contribution in [0.3, 0.4) is 0 Å². The molecule has 4 heterocycles. The summed E-state index contributed by atoms with van der Waals surface area (Å²) in [7, 11) is 0. The largest absolute Gasteiger partial charge is 0.465 e. The summed E-state index contributed by atoms with van der Waals surface area (Å²) < 4.78 is 27.4. The van der Waals surface area contributed by atoms with Crippen molar-refractivity contribution in [3.63, 3.8) is 0 Å². The summed E-state index contributed by atoms with van der Waals surface area (Å²) in [4.78, 5) is 44.7. The Kier molecular flexibility index (Phi) is 7.71. The van der Waals surface area contributed by atoms with Crippen LogP contribution in [0.5, 0.6) is 0 Å². The first kappa shape index (κ1) is 26.4. The monoisotopic (exact) mass is 546 g/mol. The molecule has 4 aromatic rings. The topological polar surface area (TPSA) is 136 Å². The van der Waals surface area contributed by atoms with Gasteiger partial charge in [-0.05, 0) is 29.8 Å². The normalized spacial score (nSPS) is 13.2. The van der Waals surface area contributed by atoms with E-state index >= 15 is 0 Å². The second kappa shape index (κ2) is 11.7. The van der Waals surface area contributed by atoms with Gasteiger partial charge in [-0.25, -0.2) is 28.5 Å². The Morgan fingerprint density at radius 2 is 1.75 bits per heavy atom. The van der Waals surface area contributed by atoms with Crippen molar-refractivity contribution < 1.29 is 23.5 Å². The molecule has 13 heteroatoms. The zero-order valence-corrected chi connectivity index (χ0v) is 21.1. The van der Waals surface area contributed by atoms with E-state index < -0.39 is 23.6 Å². The lowest BCUT2D eigenvalue weighted by Crippen LogP contribution is -2.48. The maximum atomic E-state index is 14.1. The van der Waals surface area contributed by atoms with E-state index in [2.05, 4.69) is 30.6 Å². The molecule has 1 saturated heterocycles. The fourth-order valence-corrected chi connectivity index (χ4v) is 4.23. The molecule has 204 valence electrons. The minimum atomic E-state index is -0.949. The average molecular weight is 547 g/mol. The predicted octanol–water partition coefficient (Wildman–Crippen LogP) is 3.94. The van der Waals surface area contributed by atoms with Gasteiger partial charge in [0.15, 0.2) is 0 Å². The summed E-state index contributed by atoms with van der Waals surface area (Å²) in [6.45, 7) is 1.71. The van der Waals surface area contributed by atoms with Gasteiger partial charge in [0.1, 0.15) is 29.1 Å². The quantitative estimate of drug-likeness (QED) is 0.315. The van der Waals surface area contributed by atoms with Gasteiger partial charge in [-0.1, -0.05) is 6.07 Å². The lowest BCUT2D eigenvalue weighted by molar-refractivity contribution is -0.115. The van der Waals surface area contributed by atoms with Gasteiger partial charge in [0, 0.05) is 68.2 Å². The zero-order valence-electron chi connectivity index (χ0n) is 21.1. The number of carbonyl (C=O) groups is 2. The molecule has 3 N–H and O–H groups in total. The Bertz CT molecular complexity index is 1530. The highest BCUT2D eigenvalue weighted by Gasteiger charge is 2.21. The Morgan fingerprint density at radius 3 is 2.48 bits per heavy atom. The van der Waals surface area contributed by atoms with Crippen molar-refractivity contribution in [1.82, 2.24) is 24.8 Å². The van der Waals surface area contributed by atoms with Gasteiger partial charge in [0.2, 0.25) is 5.91 Å². The smallest absolute Gasteiger partial charge is 0.407 e. The number of hydrogen-bond acceptors (Lipinski definition) is 8. The summed E-state index contributed by atoms with van der Waals surface area (Å²) in [6.07, 6.45) is 4.96. The van der Waals surface area contributed by atoms with Crippen molar-refractivity contribution in [3.8, 4) is 11.3 Å². The fraction of sp³-hybridized carbons (Fsp3) is 0.185. The third-order valence-electron chi connectivity index (χ3n) is 6.21. The van der Waals surface area contributed by atoms with Crippen LogP contribution in [0, 0.1) is 11.6 Å². The van der Waals surface area contributed by atoms with E-state index in [9.17, 15) is 23.5 Å². The number of rotatable bonds is 7. The van der Waals surface area contributed by atoms with Gasteiger partial charge in [-0.3, -0.25) is 9.78 Å². The molecule has 0 atom stereocenters. The molecule has 1 aliphatic heterocycles. The number of pyridine rings is 2. The van der Waals surface area contributed by atoms with Crippen LogP contribution >= 0.6 is 0 Å². The maximum Gasteiger partial charge on any atom is 0.407 e. The first-order valence-electron chi connectivity index (χ1n) is 12.3. The Balaban J connectivity index is 1.41. The fourth-order valence-electron chi connectivity index (χ4n) is 4.23. The first-order chi connectivity index (χ1) is 19.3. The average Bonchev–Trinajstić information content (AvgIpc) is 2.95. The van der Waals surface area contributed by atoms with Crippen molar-refractivity contribution >= 4 is 35.1 Å². The molecule has 11 nitrogen and oxygen atoms in total. The molecule has 0 spiro atoms. The second-order valence-corrected chi connectivity index (χ2v) is 8.96. The van der Waals surface area contributed by atoms with Crippen LogP contribution in [-0.4, -0.2) is 68.1 Å². The van der Waals surface area contributed by atoms with Crippen molar-refractivity contribution in [2.75, 3.05) is 41.7 Å². The summed E-state index contributed by atoms with van der Waals surface area (Å²) in [5, 5.41) is 15.0. The van der Waals surface area contributed by atoms with Crippen molar-refractivity contribution in [1.29, 1.82) is 0 Å². The van der Waals surface area contributed by atoms with E-state index in [0.717, 1.165) is 12.1 Å². The third kappa shape index (κ3) is 6.43. The Labute approximate surface area is 227 Å². The lowest BCUT2D eigenvalue weighted by Gasteiger charge is -2.33. The Morgan fingerprint density at radius 1 is 0.925 bits per heavy atom. The number of carbonyl (C=O) groups excluding carboxylic acids is 1. The maximum absolute atomic E-state index is 14.1. The molecule has 0 unspecified atom stereocenters. The summed E-state index contributed by atoms with van der Waals surface area (Å²) >= 11 is 0. The number of carboxylic acid groups (broad SMARTS) is 1. The second-order valence-electron chi connectivity index (χ2n) is 8.96. The number of nitrogens with zero attached hydrogens (tertiary/aromatic N) is 6. The third-order valence-corrected chi connectivity index (χ3v) is 6.21. The van der Waals surface area contributed by atoms with Gasteiger partial charge >= 0.3 is 6.09 Å². The standard InChI is InChI=1S/C27H24F2N8O3/c28-19-2-1-17(21(29)13-19)12-26(38)33-20-14-22(34-23(15-20)35-24-16-30-5-6-31-24)18-3-4-32-25(11-18)36-7-9-37(10-8-36)27(39)40/h1-6,11,13-16H,7-10,12H2,(H,39,40)(H2,31,33,34,35,38). The summed E-state index contributed by atoms with van der Waals surface area (Å²) in [6, 6.07) is 9.94. The number of benzene rings is 1. The molecule has 0 saturated carbocycles. The molecule has 0 bridgehead atoms. The SMILES string of the molecule is O=C(Cc1ccc(F)cc1F)Nc1cc(Nc2cnccn2)nc(-c2ccnc(N3CCN(C(=O)O)CC3)c2)c1. The van der Waals surface area contributed by atoms with E-state index in [0.29, 0.717) is 60.6 Å². The van der Waals surface area contributed by atoms with Crippen molar-refractivity contribution in [2.24, 2.45) is 0 Å². The van der Waals surface area contributed by atoms with Crippen LogP contribution in [0.2, 0.25) is 0 Å². The molecule has 3 aromatic heterocycles. The number of anilines is 4. The van der Waals surface area contributed by atoms with E-state index in [1.165, 1.54) is 29.6 Å². The van der Waals surface area contributed by atoms with E-state index in [4.69, 9.17) is 0 Å². The number of amides is 2. The highest BCUT2D eigenvalue weighted by atomic mass is 19.1. The van der Waals surface area contributed by atoms with E-state index in [1.807, 2.05) is 11.0 Å². The van der Waals surface area contributed by atoms with Crippen LogP contribution in [0.15, 0.2) is 67.3 Å². The summed E-state index contributed by atoms with van der Waals surface area (Å²) in [5.41, 5.74) is 1.66. The van der Waals surface area contributed by atoms with Crippen LogP contribution in [0.25, 0.3) is 11.3 Å². The van der Waals surface area contributed by atoms with E-state index in [1.54, 1.807) is 24.4 Å². The van der Waals surface area contributed by atoms with E-state index in [-0.39, 0.29) is 12.0 Å². The number of hydrogen-bond donors (Lipinski definition) is 3. The molecule has 0 radical (unpaired) electrons. The molecule has 2 amide bonds. The predicted molar refractivity (Wildman–Crippen MR) is 143 cm³/mol. The highest BCUT2D eigenvalue weighted by molar-refractivity contribution is 5.93. The number of piperazine rings is 1. The number of halogens is 2. The molecule has 1 aliphatic rings. The molecule has 0 aliphatic carbocycles. The Hall–Kier alpha value is -5.20. The molecule has 1 fully saturated rings. The minimum absolute atomic E-state index is 0.0628. The first-order valence-corrected chi connectivity index (χ1v) is 12.3. The molecule has 40 heavy (non-hydrogen) atoms. The van der Waals surface area contributed by atoms with Crippen molar-refractivity contribution in [3.05, 3.63) is 84.4 Å². The molecule has 5 rings (SSSR count). The van der Waals surface area contributed by atoms with Crippen LogP contribution in [0.1, 0.15) is 5.56 Å². The number of aromatic nitrogens is 4. The van der Waals surface area contributed by atoms with Crippen LogP contribution in [0.4, 0.5) is 36.7 Å². The van der Waals surface area contributed by atoms with Gasteiger partial charge < -0.3 is 25.5 Å². The van der Waals surface area contributed by atoms with Gasteiger partial charge in [-0.15, -0.1) is 0 Å². The van der Waals surface area contributed by atoms with Gasteiger partial charge in [0.05, 0.1) is 18.3 Å². The molecular formula is C27H24F2N8O3. The minimum Gasteiger partial charge on any atom is -0.465 e. The number of nitrogens with one attached hydrogen (secondary N) is 2. The van der Waals surface area contributed by atoms with Gasteiger partial charge in [0.25, 0.3) is 0 Å². The van der Waals surface area contributed by atoms with Crippen LogP contribution in [-0.2, 0) is 11.2 Å². The molecular weight excluding hydrogens is 522 g/mol. The molecule has 1 aromatic carbocycles. The van der Waals surface area contributed by atoms with Crippen molar-refractivity contribution in [2.45, 2.75) is 6.42 Å².